The molecule has 35 heavy (non-hydrogen) atoms. The molecule has 2 saturated carbocycles. The highest BCUT2D eigenvalue weighted by Crippen LogP contribution is 2.44. The molecule has 3 aliphatic rings. The van der Waals surface area contributed by atoms with Gasteiger partial charge in [-0.05, 0) is 53.4 Å². The highest BCUT2D eigenvalue weighted by atomic mass is 16.5. The van der Waals surface area contributed by atoms with Gasteiger partial charge in [-0.15, -0.1) is 0 Å². The van der Waals surface area contributed by atoms with E-state index in [1.54, 1.807) is 4.90 Å². The van der Waals surface area contributed by atoms with Crippen molar-refractivity contribution < 1.29 is 24.2 Å². The molecular weight excluding hydrogens is 444 g/mol. The van der Waals surface area contributed by atoms with Crippen molar-refractivity contribution in [2.45, 2.75) is 50.5 Å². The molecule has 0 aliphatic heterocycles. The van der Waals surface area contributed by atoms with Gasteiger partial charge in [-0.3, -0.25) is 9.59 Å². The van der Waals surface area contributed by atoms with Crippen LogP contribution in [0, 0.1) is 11.8 Å². The van der Waals surface area contributed by atoms with Gasteiger partial charge in [-0.25, -0.2) is 4.79 Å². The third-order valence-corrected chi connectivity index (χ3v) is 7.28. The molecular formula is C28H32N2O5. The van der Waals surface area contributed by atoms with E-state index >= 15 is 0 Å². The van der Waals surface area contributed by atoms with Gasteiger partial charge in [-0.2, -0.15) is 0 Å². The average Bonchev–Trinajstić information content (AvgIpc) is 3.79. The van der Waals surface area contributed by atoms with E-state index < -0.39 is 18.1 Å². The molecule has 0 radical (unpaired) electrons. The zero-order valence-electron chi connectivity index (χ0n) is 19.8. The number of rotatable bonds is 11. The summed E-state index contributed by atoms with van der Waals surface area (Å²) in [7, 11) is 0. The molecule has 0 saturated heterocycles. The van der Waals surface area contributed by atoms with Gasteiger partial charge < -0.3 is 20.1 Å². The Balaban J connectivity index is 1.24. The van der Waals surface area contributed by atoms with E-state index in [2.05, 4.69) is 29.6 Å². The molecule has 7 nitrogen and oxygen atoms in total. The summed E-state index contributed by atoms with van der Waals surface area (Å²) < 4.78 is 5.68. The van der Waals surface area contributed by atoms with Gasteiger partial charge >= 0.3 is 12.1 Å². The van der Waals surface area contributed by atoms with Crippen LogP contribution in [-0.2, 0) is 14.3 Å². The number of carbonyl (C=O) groups excluding carboxylic acids is 2. The Morgan fingerprint density at radius 3 is 2.11 bits per heavy atom. The fraction of sp³-hybridized carbons (Fsp3) is 0.464. The molecule has 184 valence electrons. The van der Waals surface area contributed by atoms with Gasteiger partial charge in [0.1, 0.15) is 12.6 Å². The normalized spacial score (nSPS) is 17.3. The zero-order valence-corrected chi connectivity index (χ0v) is 19.8. The summed E-state index contributed by atoms with van der Waals surface area (Å²) in [4.78, 5) is 39.0. The molecule has 2 aromatic rings. The molecule has 3 aliphatic carbocycles. The maximum absolute atomic E-state index is 13.4. The van der Waals surface area contributed by atoms with Crippen LogP contribution in [0.3, 0.4) is 0 Å². The quantitative estimate of drug-likeness (QED) is 0.501. The van der Waals surface area contributed by atoms with Crippen molar-refractivity contribution in [3.05, 3.63) is 59.7 Å². The van der Waals surface area contributed by atoms with Crippen molar-refractivity contribution in [3.63, 3.8) is 0 Å². The molecule has 0 spiro atoms. The summed E-state index contributed by atoms with van der Waals surface area (Å²) in [6.07, 6.45) is 4.09. The van der Waals surface area contributed by atoms with Crippen LogP contribution in [-0.4, -0.2) is 53.7 Å². The van der Waals surface area contributed by atoms with Crippen LogP contribution in [0.25, 0.3) is 11.1 Å². The van der Waals surface area contributed by atoms with Gasteiger partial charge in [-0.1, -0.05) is 61.4 Å². The molecule has 7 heteroatoms. The minimum atomic E-state index is -0.929. The summed E-state index contributed by atoms with van der Waals surface area (Å²) >= 11 is 0. The molecule has 0 heterocycles. The van der Waals surface area contributed by atoms with Crippen molar-refractivity contribution >= 4 is 18.0 Å². The van der Waals surface area contributed by atoms with E-state index in [1.165, 1.54) is 0 Å². The molecule has 2 N–H and O–H groups in total. The molecule has 0 aromatic heterocycles. The number of aliphatic carboxylic acids is 1. The Hall–Kier alpha value is -3.35. The minimum Gasteiger partial charge on any atom is -0.481 e. The number of hydrogen-bond acceptors (Lipinski definition) is 4. The van der Waals surface area contributed by atoms with Gasteiger partial charge in [0.05, 0.1) is 6.42 Å². The van der Waals surface area contributed by atoms with Gasteiger partial charge in [0, 0.05) is 19.0 Å². The van der Waals surface area contributed by atoms with Crippen molar-refractivity contribution in [2.75, 3.05) is 19.7 Å². The highest BCUT2D eigenvalue weighted by Gasteiger charge is 2.36. The summed E-state index contributed by atoms with van der Waals surface area (Å²) in [5.41, 5.74) is 4.59. The van der Waals surface area contributed by atoms with Crippen LogP contribution in [0.1, 0.15) is 55.6 Å². The second-order valence-electron chi connectivity index (χ2n) is 10.1. The maximum Gasteiger partial charge on any atom is 0.407 e. The van der Waals surface area contributed by atoms with E-state index in [0.717, 1.165) is 47.9 Å². The average molecular weight is 477 g/mol. The number of ether oxygens (including phenoxy) is 1. The van der Waals surface area contributed by atoms with Crippen LogP contribution in [0.5, 0.6) is 0 Å². The number of carboxylic acids is 1. The topological polar surface area (TPSA) is 95.9 Å². The third kappa shape index (κ3) is 5.66. The summed E-state index contributed by atoms with van der Waals surface area (Å²) in [5.74, 6) is -0.322. The Morgan fingerprint density at radius 2 is 1.54 bits per heavy atom. The van der Waals surface area contributed by atoms with E-state index in [4.69, 9.17) is 9.84 Å². The number of alkyl carbamates (subject to hydrolysis) is 1. The first-order chi connectivity index (χ1) is 17.0. The lowest BCUT2D eigenvalue weighted by molar-refractivity contribution is -0.139. The van der Waals surface area contributed by atoms with E-state index in [9.17, 15) is 14.4 Å². The van der Waals surface area contributed by atoms with Crippen LogP contribution < -0.4 is 5.32 Å². The second-order valence-corrected chi connectivity index (χ2v) is 10.1. The van der Waals surface area contributed by atoms with E-state index in [1.807, 2.05) is 24.3 Å². The fourth-order valence-corrected chi connectivity index (χ4v) is 5.05. The van der Waals surface area contributed by atoms with Gasteiger partial charge in [0.15, 0.2) is 0 Å². The van der Waals surface area contributed by atoms with Crippen molar-refractivity contribution in [1.82, 2.24) is 10.2 Å². The van der Waals surface area contributed by atoms with Gasteiger partial charge in [0.2, 0.25) is 5.91 Å². The van der Waals surface area contributed by atoms with Crippen molar-refractivity contribution in [1.29, 1.82) is 0 Å². The highest BCUT2D eigenvalue weighted by molar-refractivity contribution is 5.86. The number of nitrogens with one attached hydrogen (secondary N) is 1. The standard InChI is InChI=1S/C28H32N2O5/c31-26(32)13-14-30(16-19-11-12-19)27(33)25(15-18-9-10-18)29-28(34)35-17-24-22-7-3-1-5-20(22)21-6-2-4-8-23(21)24/h1-8,18-19,24-25H,9-17H2,(H,29,34)(H,31,32)/t25-/m0/s1. The number of carbonyl (C=O) groups is 3. The predicted octanol–water partition coefficient (Wildman–Crippen LogP) is 4.41. The Labute approximate surface area is 205 Å². The van der Waals surface area contributed by atoms with E-state index in [-0.39, 0.29) is 31.4 Å². The largest absolute Gasteiger partial charge is 0.481 e. The first kappa shape index (κ1) is 23.4. The lowest BCUT2D eigenvalue weighted by Gasteiger charge is -2.28. The van der Waals surface area contributed by atoms with Crippen molar-refractivity contribution in [2.24, 2.45) is 11.8 Å². The monoisotopic (exact) mass is 476 g/mol. The second kappa shape index (κ2) is 10.1. The number of hydrogen-bond donors (Lipinski definition) is 2. The van der Waals surface area contributed by atoms with E-state index in [0.29, 0.717) is 24.8 Å². The Kier molecular flexibility index (Phi) is 6.75. The predicted molar refractivity (Wildman–Crippen MR) is 131 cm³/mol. The molecule has 2 fully saturated rings. The first-order valence-corrected chi connectivity index (χ1v) is 12.6. The summed E-state index contributed by atoms with van der Waals surface area (Å²) in [5, 5.41) is 11.9. The first-order valence-electron chi connectivity index (χ1n) is 12.6. The molecule has 2 aromatic carbocycles. The minimum absolute atomic E-state index is 0.0485. The fourth-order valence-electron chi connectivity index (χ4n) is 5.05. The molecule has 0 bridgehead atoms. The lowest BCUT2D eigenvalue weighted by Crippen LogP contribution is -2.50. The number of carboxylic acid groups (broad SMARTS) is 1. The molecule has 1 atom stereocenters. The summed E-state index contributed by atoms with van der Waals surface area (Å²) in [6.45, 7) is 0.910. The Morgan fingerprint density at radius 1 is 0.943 bits per heavy atom. The smallest absolute Gasteiger partial charge is 0.407 e. The van der Waals surface area contributed by atoms with Crippen molar-refractivity contribution in [3.8, 4) is 11.1 Å². The maximum atomic E-state index is 13.4. The zero-order chi connectivity index (χ0) is 24.4. The molecule has 5 rings (SSSR count). The number of benzene rings is 2. The van der Waals surface area contributed by atoms with Crippen LogP contribution in [0.15, 0.2) is 48.5 Å². The molecule has 0 unspecified atom stereocenters. The van der Waals surface area contributed by atoms with Crippen LogP contribution in [0.2, 0.25) is 0 Å². The molecule has 2 amide bonds. The van der Waals surface area contributed by atoms with Gasteiger partial charge in [0.25, 0.3) is 0 Å². The third-order valence-electron chi connectivity index (χ3n) is 7.28. The number of amides is 2. The lowest BCUT2D eigenvalue weighted by atomic mass is 9.98. The number of nitrogens with zero attached hydrogens (tertiary/aromatic N) is 1. The Bertz CT molecular complexity index is 1060. The van der Waals surface area contributed by atoms with Crippen LogP contribution in [0.4, 0.5) is 4.79 Å². The number of fused-ring (bicyclic) bond motifs is 3. The summed E-state index contributed by atoms with van der Waals surface area (Å²) in [6, 6.07) is 15.6. The SMILES string of the molecule is O=C(O)CCN(CC1CC1)C(=O)[C@H](CC1CC1)NC(=O)OCC1c2ccccc2-c2ccccc21. The van der Waals surface area contributed by atoms with Crippen LogP contribution >= 0.6 is 0 Å².